The average molecular weight is 367 g/mol. The molecular formula is C20H14FNO5. The molecule has 0 unspecified atom stereocenters. The molecule has 0 aliphatic carbocycles. The van der Waals surface area contributed by atoms with Gasteiger partial charge >= 0.3 is 5.97 Å². The molecule has 0 aliphatic heterocycles. The number of hydrogen-bond donors (Lipinski definition) is 3. The summed E-state index contributed by atoms with van der Waals surface area (Å²) in [6.45, 7) is 0. The second kappa shape index (κ2) is 7.57. The van der Waals surface area contributed by atoms with E-state index in [2.05, 4.69) is 5.32 Å². The standard InChI is InChI=1S/C20H14FNO5/c21-13-3-1-12(2-4-13)18-9-6-15(27-18)7-10-19(24)22-14-5-8-17(23)16(11-14)20(25)26/h1-11,23H,(H,22,24)(H,25,26)/b10-7+. The number of phenols is 1. The SMILES string of the molecule is O=C(/C=C/c1ccc(-c2ccc(F)cc2)o1)Nc1ccc(O)c(C(=O)O)c1. The zero-order valence-electron chi connectivity index (χ0n) is 13.8. The van der Waals surface area contributed by atoms with Crippen molar-refractivity contribution in [2.45, 2.75) is 0 Å². The summed E-state index contributed by atoms with van der Waals surface area (Å²) >= 11 is 0. The number of carbonyl (C=O) groups is 2. The van der Waals surface area contributed by atoms with Gasteiger partial charge in [0.25, 0.3) is 0 Å². The van der Waals surface area contributed by atoms with Crippen LogP contribution >= 0.6 is 0 Å². The minimum absolute atomic E-state index is 0.228. The van der Waals surface area contributed by atoms with Crippen LogP contribution in [0.15, 0.2) is 65.1 Å². The Morgan fingerprint density at radius 3 is 2.48 bits per heavy atom. The third-order valence-electron chi connectivity index (χ3n) is 3.65. The molecule has 0 saturated heterocycles. The van der Waals surface area contributed by atoms with Gasteiger partial charge < -0.3 is 19.9 Å². The molecule has 3 N–H and O–H groups in total. The molecular weight excluding hydrogens is 353 g/mol. The Balaban J connectivity index is 1.68. The summed E-state index contributed by atoms with van der Waals surface area (Å²) in [5.41, 5.74) is 0.615. The minimum Gasteiger partial charge on any atom is -0.507 e. The van der Waals surface area contributed by atoms with E-state index < -0.39 is 11.9 Å². The number of hydrogen-bond acceptors (Lipinski definition) is 4. The topological polar surface area (TPSA) is 99.8 Å². The molecule has 27 heavy (non-hydrogen) atoms. The van der Waals surface area contributed by atoms with Crippen LogP contribution in [0.2, 0.25) is 0 Å². The summed E-state index contributed by atoms with van der Waals surface area (Å²) in [7, 11) is 0. The molecule has 7 heteroatoms. The second-order valence-electron chi connectivity index (χ2n) is 5.57. The van der Waals surface area contributed by atoms with E-state index >= 15 is 0 Å². The van der Waals surface area contributed by atoms with Gasteiger partial charge in [0.15, 0.2) is 0 Å². The Morgan fingerprint density at radius 1 is 1.04 bits per heavy atom. The molecule has 2 aromatic carbocycles. The summed E-state index contributed by atoms with van der Waals surface area (Å²) in [4.78, 5) is 23.0. The van der Waals surface area contributed by atoms with Gasteiger partial charge in [0.1, 0.15) is 28.7 Å². The Hall–Kier alpha value is -3.87. The summed E-state index contributed by atoms with van der Waals surface area (Å²) < 4.78 is 18.5. The van der Waals surface area contributed by atoms with Crippen LogP contribution < -0.4 is 5.32 Å². The Kier molecular flexibility index (Phi) is 5.03. The highest BCUT2D eigenvalue weighted by Gasteiger charge is 2.11. The number of furan rings is 1. The lowest BCUT2D eigenvalue weighted by Gasteiger charge is -2.05. The quantitative estimate of drug-likeness (QED) is 0.465. The van der Waals surface area contributed by atoms with Crippen LogP contribution in [-0.4, -0.2) is 22.1 Å². The van der Waals surface area contributed by atoms with E-state index in [4.69, 9.17) is 9.52 Å². The number of halogens is 1. The molecule has 1 amide bonds. The van der Waals surface area contributed by atoms with Crippen molar-refractivity contribution in [3.8, 4) is 17.1 Å². The number of carbonyl (C=O) groups excluding carboxylic acids is 1. The van der Waals surface area contributed by atoms with Crippen molar-refractivity contribution in [1.82, 2.24) is 0 Å². The van der Waals surface area contributed by atoms with Gasteiger partial charge in [-0.2, -0.15) is 0 Å². The van der Waals surface area contributed by atoms with Crippen molar-refractivity contribution in [1.29, 1.82) is 0 Å². The highest BCUT2D eigenvalue weighted by Crippen LogP contribution is 2.23. The molecule has 0 fully saturated rings. The zero-order chi connectivity index (χ0) is 19.4. The van der Waals surface area contributed by atoms with Gasteiger partial charge in [-0.1, -0.05) is 0 Å². The summed E-state index contributed by atoms with van der Waals surface area (Å²) in [5.74, 6) is -1.59. The number of aromatic hydroxyl groups is 1. The smallest absolute Gasteiger partial charge is 0.339 e. The van der Waals surface area contributed by atoms with Crippen LogP contribution in [0, 0.1) is 5.82 Å². The fourth-order valence-electron chi connectivity index (χ4n) is 2.34. The van der Waals surface area contributed by atoms with Gasteiger partial charge in [-0.05, 0) is 60.7 Å². The first-order chi connectivity index (χ1) is 12.9. The Bertz CT molecular complexity index is 1020. The number of amides is 1. The number of carboxylic acid groups (broad SMARTS) is 1. The maximum absolute atomic E-state index is 13.0. The monoisotopic (exact) mass is 367 g/mol. The van der Waals surface area contributed by atoms with Crippen LogP contribution in [0.25, 0.3) is 17.4 Å². The number of rotatable bonds is 5. The van der Waals surface area contributed by atoms with Crippen molar-refractivity contribution >= 4 is 23.6 Å². The van der Waals surface area contributed by atoms with Crippen molar-refractivity contribution in [3.05, 3.63) is 77.8 Å². The number of nitrogens with one attached hydrogen (secondary N) is 1. The average Bonchev–Trinajstić information content (AvgIpc) is 3.11. The Labute approximate surface area is 153 Å². The molecule has 1 aromatic heterocycles. The predicted octanol–water partition coefficient (Wildman–Crippen LogP) is 4.14. The van der Waals surface area contributed by atoms with Crippen LogP contribution in [0.3, 0.4) is 0 Å². The lowest BCUT2D eigenvalue weighted by atomic mass is 10.2. The van der Waals surface area contributed by atoms with Crippen LogP contribution in [-0.2, 0) is 4.79 Å². The van der Waals surface area contributed by atoms with Crippen LogP contribution in [0.4, 0.5) is 10.1 Å². The maximum Gasteiger partial charge on any atom is 0.339 e. The van der Waals surface area contributed by atoms with Crippen molar-refractivity contribution < 1.29 is 28.6 Å². The van der Waals surface area contributed by atoms with E-state index in [1.165, 1.54) is 36.4 Å². The summed E-state index contributed by atoms with van der Waals surface area (Å²) in [6, 6.07) is 12.9. The normalized spacial score (nSPS) is 10.9. The molecule has 0 spiro atoms. The molecule has 1 heterocycles. The molecule has 0 radical (unpaired) electrons. The number of carboxylic acids is 1. The second-order valence-corrected chi connectivity index (χ2v) is 5.57. The Morgan fingerprint density at radius 2 is 1.78 bits per heavy atom. The lowest BCUT2D eigenvalue weighted by Crippen LogP contribution is -2.08. The zero-order valence-corrected chi connectivity index (χ0v) is 13.8. The van der Waals surface area contributed by atoms with E-state index in [1.807, 2.05) is 0 Å². The summed E-state index contributed by atoms with van der Waals surface area (Å²) in [5, 5.41) is 20.9. The highest BCUT2D eigenvalue weighted by molar-refractivity contribution is 6.02. The molecule has 0 bridgehead atoms. The van der Waals surface area contributed by atoms with E-state index in [9.17, 15) is 19.1 Å². The first kappa shape index (κ1) is 17.9. The van der Waals surface area contributed by atoms with Gasteiger partial charge in [0.05, 0.1) is 0 Å². The minimum atomic E-state index is -1.30. The highest BCUT2D eigenvalue weighted by atomic mass is 19.1. The fourth-order valence-corrected chi connectivity index (χ4v) is 2.34. The molecule has 6 nitrogen and oxygen atoms in total. The van der Waals surface area contributed by atoms with Gasteiger partial charge in [0, 0.05) is 17.3 Å². The number of benzene rings is 2. The summed E-state index contributed by atoms with van der Waals surface area (Å²) in [6.07, 6.45) is 2.67. The van der Waals surface area contributed by atoms with Gasteiger partial charge in [0.2, 0.25) is 5.91 Å². The van der Waals surface area contributed by atoms with E-state index in [1.54, 1.807) is 24.3 Å². The van der Waals surface area contributed by atoms with Gasteiger partial charge in [-0.3, -0.25) is 4.79 Å². The lowest BCUT2D eigenvalue weighted by molar-refractivity contribution is -0.111. The molecule has 3 rings (SSSR count). The molecule has 136 valence electrons. The van der Waals surface area contributed by atoms with Crippen LogP contribution in [0.5, 0.6) is 5.75 Å². The molecule has 0 saturated carbocycles. The molecule has 0 atom stereocenters. The van der Waals surface area contributed by atoms with E-state index in [0.29, 0.717) is 17.1 Å². The first-order valence-corrected chi connectivity index (χ1v) is 7.83. The fraction of sp³-hybridized carbons (Fsp3) is 0. The van der Waals surface area contributed by atoms with Crippen molar-refractivity contribution in [2.75, 3.05) is 5.32 Å². The number of aromatic carboxylic acids is 1. The van der Waals surface area contributed by atoms with Gasteiger partial charge in [-0.15, -0.1) is 0 Å². The third-order valence-corrected chi connectivity index (χ3v) is 3.65. The largest absolute Gasteiger partial charge is 0.507 e. The third kappa shape index (κ3) is 4.40. The van der Waals surface area contributed by atoms with Crippen molar-refractivity contribution in [3.63, 3.8) is 0 Å². The van der Waals surface area contributed by atoms with Crippen molar-refractivity contribution in [2.24, 2.45) is 0 Å². The first-order valence-electron chi connectivity index (χ1n) is 7.83. The maximum atomic E-state index is 13.0. The predicted molar refractivity (Wildman–Crippen MR) is 96.8 cm³/mol. The molecule has 3 aromatic rings. The van der Waals surface area contributed by atoms with E-state index in [0.717, 1.165) is 6.07 Å². The molecule has 0 aliphatic rings. The van der Waals surface area contributed by atoms with E-state index in [-0.39, 0.29) is 22.8 Å². The number of anilines is 1. The van der Waals surface area contributed by atoms with Gasteiger partial charge in [-0.25, -0.2) is 9.18 Å². The van der Waals surface area contributed by atoms with Crippen LogP contribution in [0.1, 0.15) is 16.1 Å².